The minimum Gasteiger partial charge on any atom is -0.494 e. The van der Waals surface area contributed by atoms with Crippen molar-refractivity contribution in [2.24, 2.45) is 0 Å². The Bertz CT molecular complexity index is 1350. The third kappa shape index (κ3) is 3.90. The molecule has 0 unspecified atom stereocenters. The van der Waals surface area contributed by atoms with Crippen LogP contribution in [0, 0.1) is 0 Å². The maximum atomic E-state index is 5.88. The molecule has 0 amide bonds. The number of anilines is 3. The predicted octanol–water partition coefficient (Wildman–Crippen LogP) is 4.95. The number of aromatic nitrogens is 4. The Kier molecular flexibility index (Phi) is 4.92. The van der Waals surface area contributed by atoms with Crippen molar-refractivity contribution in [1.29, 1.82) is 0 Å². The lowest BCUT2D eigenvalue weighted by atomic mass is 10.0. The fourth-order valence-electron chi connectivity index (χ4n) is 3.87. The van der Waals surface area contributed by atoms with E-state index < -0.39 is 0 Å². The van der Waals surface area contributed by atoms with Crippen LogP contribution in [0.1, 0.15) is 18.1 Å². The van der Waals surface area contributed by atoms with Crippen LogP contribution in [-0.4, -0.2) is 26.5 Å². The smallest absolute Gasteiger partial charge is 0.221 e. The van der Waals surface area contributed by atoms with Gasteiger partial charge in [-0.15, -0.1) is 0 Å². The molecule has 5 N–H and O–H groups in total. The molecule has 0 saturated carbocycles. The number of nitrogen functional groups attached to an aromatic ring is 1. The number of aromatic amines is 2. The van der Waals surface area contributed by atoms with E-state index in [1.807, 2.05) is 37.4 Å². The van der Waals surface area contributed by atoms with E-state index in [9.17, 15) is 0 Å². The molecular weight excluding hydrogens is 388 g/mol. The highest BCUT2D eigenvalue weighted by Crippen LogP contribution is 2.27. The van der Waals surface area contributed by atoms with Crippen molar-refractivity contribution in [3.05, 3.63) is 72.2 Å². The van der Waals surface area contributed by atoms with Gasteiger partial charge in [-0.05, 0) is 67.8 Å². The number of benzene rings is 2. The highest BCUT2D eigenvalue weighted by molar-refractivity contribution is 5.85. The first-order chi connectivity index (χ1) is 15.2. The normalized spacial score (nSPS) is 11.3. The molecule has 0 aliphatic rings. The lowest BCUT2D eigenvalue weighted by molar-refractivity contribution is 0.340. The van der Waals surface area contributed by atoms with Crippen molar-refractivity contribution in [2.45, 2.75) is 19.8 Å². The second kappa shape index (κ2) is 8.02. The van der Waals surface area contributed by atoms with Gasteiger partial charge in [-0.2, -0.15) is 4.98 Å². The monoisotopic (exact) mass is 412 g/mol. The van der Waals surface area contributed by atoms with Gasteiger partial charge < -0.3 is 25.8 Å². The second-order valence-corrected chi connectivity index (χ2v) is 7.46. The van der Waals surface area contributed by atoms with E-state index in [1.54, 1.807) is 6.20 Å². The van der Waals surface area contributed by atoms with Gasteiger partial charge in [0.25, 0.3) is 0 Å². The molecule has 7 nitrogen and oxygen atoms in total. The molecule has 3 aromatic heterocycles. The molecule has 0 aliphatic carbocycles. The number of hydrogen-bond donors (Lipinski definition) is 4. The summed E-state index contributed by atoms with van der Waals surface area (Å²) < 4.78 is 5.66. The summed E-state index contributed by atoms with van der Waals surface area (Å²) in [5.74, 6) is 1.87. The van der Waals surface area contributed by atoms with Crippen LogP contribution in [0.3, 0.4) is 0 Å². The zero-order chi connectivity index (χ0) is 21.2. The van der Waals surface area contributed by atoms with E-state index in [0.29, 0.717) is 6.61 Å². The molecule has 31 heavy (non-hydrogen) atoms. The number of hydrogen-bond acceptors (Lipinski definition) is 5. The van der Waals surface area contributed by atoms with Crippen molar-refractivity contribution >= 4 is 39.3 Å². The largest absolute Gasteiger partial charge is 0.494 e. The summed E-state index contributed by atoms with van der Waals surface area (Å²) in [4.78, 5) is 15.2. The van der Waals surface area contributed by atoms with Gasteiger partial charge in [-0.3, -0.25) is 0 Å². The summed E-state index contributed by atoms with van der Waals surface area (Å²) in [6, 6.07) is 14.3. The molecule has 5 rings (SSSR count). The summed E-state index contributed by atoms with van der Waals surface area (Å²) in [5, 5.41) is 5.73. The average Bonchev–Trinajstić information content (AvgIpc) is 3.40. The first kappa shape index (κ1) is 19.0. The molecule has 7 heteroatoms. The van der Waals surface area contributed by atoms with Crippen LogP contribution < -0.4 is 15.8 Å². The summed E-state index contributed by atoms with van der Waals surface area (Å²) >= 11 is 0. The number of fused-ring (bicyclic) bond motifs is 2. The third-order valence-corrected chi connectivity index (χ3v) is 5.41. The summed E-state index contributed by atoms with van der Waals surface area (Å²) in [5.41, 5.74) is 11.3. The molecule has 3 heterocycles. The molecule has 2 aromatic carbocycles. The van der Waals surface area contributed by atoms with Gasteiger partial charge in [0.1, 0.15) is 11.6 Å². The zero-order valence-electron chi connectivity index (χ0n) is 17.3. The van der Waals surface area contributed by atoms with Crippen molar-refractivity contribution in [3.63, 3.8) is 0 Å². The first-order valence-electron chi connectivity index (χ1n) is 10.4. The molecule has 0 atom stereocenters. The van der Waals surface area contributed by atoms with Crippen molar-refractivity contribution in [2.75, 3.05) is 17.7 Å². The zero-order valence-corrected chi connectivity index (χ0v) is 17.3. The maximum absolute atomic E-state index is 5.88. The van der Waals surface area contributed by atoms with Crippen LogP contribution in [0.15, 0.2) is 61.1 Å². The van der Waals surface area contributed by atoms with E-state index in [-0.39, 0.29) is 5.95 Å². The number of ether oxygens (including phenoxy) is 1. The average molecular weight is 412 g/mol. The number of rotatable bonds is 7. The van der Waals surface area contributed by atoms with E-state index in [1.165, 1.54) is 10.9 Å². The van der Waals surface area contributed by atoms with Crippen LogP contribution in [0.5, 0.6) is 5.75 Å². The molecular formula is C24H24N6O. The highest BCUT2D eigenvalue weighted by atomic mass is 16.5. The van der Waals surface area contributed by atoms with Crippen LogP contribution in [-0.2, 0) is 12.8 Å². The minimum absolute atomic E-state index is 0.252. The molecule has 0 fully saturated rings. The fourth-order valence-corrected chi connectivity index (χ4v) is 3.87. The van der Waals surface area contributed by atoms with Crippen molar-refractivity contribution in [3.8, 4) is 5.75 Å². The van der Waals surface area contributed by atoms with Gasteiger partial charge in [0, 0.05) is 51.6 Å². The van der Waals surface area contributed by atoms with Crippen LogP contribution in [0.4, 0.5) is 17.5 Å². The van der Waals surface area contributed by atoms with E-state index in [4.69, 9.17) is 10.5 Å². The Balaban J connectivity index is 1.39. The Hall–Kier alpha value is -4.00. The second-order valence-electron chi connectivity index (χ2n) is 7.46. The Morgan fingerprint density at radius 1 is 1.00 bits per heavy atom. The quantitative estimate of drug-likeness (QED) is 0.303. The SMILES string of the molecule is CCOc1ccc2[nH]cc(CCc3cnc(N)nc3Nc3ccc4[nH]ccc4c3)c2c1. The molecule has 5 aromatic rings. The third-order valence-electron chi connectivity index (χ3n) is 5.41. The molecule has 0 radical (unpaired) electrons. The fraction of sp³-hybridized carbons (Fsp3) is 0.167. The molecule has 156 valence electrons. The lowest BCUT2D eigenvalue weighted by Crippen LogP contribution is -2.05. The Morgan fingerprint density at radius 3 is 2.77 bits per heavy atom. The standard InChI is InChI=1S/C24H24N6O/c1-2-31-19-6-8-22-20(12-19)16(13-27-22)3-4-17-14-28-24(25)30-23(17)29-18-5-7-21-15(11-18)9-10-26-21/h5-14,26-27H,2-4H2,1H3,(H3,25,28,29,30). The predicted molar refractivity (Wildman–Crippen MR) is 125 cm³/mol. The topological polar surface area (TPSA) is 105 Å². The Morgan fingerprint density at radius 2 is 1.87 bits per heavy atom. The maximum Gasteiger partial charge on any atom is 0.221 e. The van der Waals surface area contributed by atoms with Crippen LogP contribution >= 0.6 is 0 Å². The highest BCUT2D eigenvalue weighted by Gasteiger charge is 2.11. The number of nitrogens with zero attached hydrogens (tertiary/aromatic N) is 2. The number of aryl methyl sites for hydroxylation is 2. The first-order valence-corrected chi connectivity index (χ1v) is 10.4. The number of nitrogens with one attached hydrogen (secondary N) is 3. The molecule has 0 aliphatic heterocycles. The lowest BCUT2D eigenvalue weighted by Gasteiger charge is -2.12. The Labute approximate surface area is 179 Å². The van der Waals surface area contributed by atoms with Crippen molar-refractivity contribution < 1.29 is 4.74 Å². The number of H-pyrrole nitrogens is 2. The summed E-state index contributed by atoms with van der Waals surface area (Å²) in [7, 11) is 0. The van der Waals surface area contributed by atoms with Gasteiger partial charge in [0.2, 0.25) is 5.95 Å². The summed E-state index contributed by atoms with van der Waals surface area (Å²) in [6.45, 7) is 2.64. The van der Waals surface area contributed by atoms with Crippen LogP contribution in [0.25, 0.3) is 21.8 Å². The van der Waals surface area contributed by atoms with E-state index in [0.717, 1.165) is 52.1 Å². The van der Waals surface area contributed by atoms with Gasteiger partial charge in [-0.1, -0.05) is 0 Å². The molecule has 0 bridgehead atoms. The van der Waals surface area contributed by atoms with Crippen LogP contribution in [0.2, 0.25) is 0 Å². The van der Waals surface area contributed by atoms with Gasteiger partial charge in [0.05, 0.1) is 6.61 Å². The summed E-state index contributed by atoms with van der Waals surface area (Å²) in [6.07, 6.45) is 7.42. The van der Waals surface area contributed by atoms with Gasteiger partial charge in [0.15, 0.2) is 0 Å². The van der Waals surface area contributed by atoms with E-state index in [2.05, 4.69) is 49.6 Å². The molecule has 0 spiro atoms. The van der Waals surface area contributed by atoms with Crippen molar-refractivity contribution in [1.82, 2.24) is 19.9 Å². The van der Waals surface area contributed by atoms with E-state index >= 15 is 0 Å². The minimum atomic E-state index is 0.252. The van der Waals surface area contributed by atoms with Gasteiger partial charge >= 0.3 is 0 Å². The van der Waals surface area contributed by atoms with Gasteiger partial charge in [-0.25, -0.2) is 4.98 Å². The number of nitrogens with two attached hydrogens (primary N) is 1. The molecule has 0 saturated heterocycles.